The van der Waals surface area contributed by atoms with Gasteiger partial charge >= 0.3 is 12.0 Å². The molecule has 2 rings (SSSR count). The predicted molar refractivity (Wildman–Crippen MR) is 75.3 cm³/mol. The number of esters is 1. The summed E-state index contributed by atoms with van der Waals surface area (Å²) in [5.41, 5.74) is 2.45. The summed E-state index contributed by atoms with van der Waals surface area (Å²) in [4.78, 5) is 23.2. The Kier molecular flexibility index (Phi) is 4.61. The maximum absolute atomic E-state index is 11.9. The molecule has 20 heavy (non-hydrogen) atoms. The molecule has 2 atom stereocenters. The molecule has 2 N–H and O–H groups in total. The summed E-state index contributed by atoms with van der Waals surface area (Å²) in [5, 5.41) is 5.51. The second-order valence-electron chi connectivity index (χ2n) is 5.01. The van der Waals surface area contributed by atoms with Crippen LogP contribution in [-0.2, 0) is 16.0 Å². The van der Waals surface area contributed by atoms with Gasteiger partial charge in [-0.1, -0.05) is 24.3 Å². The van der Waals surface area contributed by atoms with E-state index in [0.717, 1.165) is 19.3 Å². The van der Waals surface area contributed by atoms with Gasteiger partial charge in [0.25, 0.3) is 0 Å². The molecule has 0 unspecified atom stereocenters. The van der Waals surface area contributed by atoms with Gasteiger partial charge in [0.2, 0.25) is 0 Å². The third-order valence-corrected chi connectivity index (χ3v) is 3.58. The minimum atomic E-state index is -0.654. The standard InChI is InChI=1S/C15H20N2O3/c1-10(14(18)20-2)16-15(19)17-13-9-5-7-11-6-3-4-8-12(11)13/h3-4,6,8,10,13H,5,7,9H2,1-2H3,(H2,16,17,19)/t10-,13+/m0/s1. The van der Waals surface area contributed by atoms with Gasteiger partial charge in [0, 0.05) is 0 Å². The zero-order valence-electron chi connectivity index (χ0n) is 11.8. The largest absolute Gasteiger partial charge is 0.467 e. The van der Waals surface area contributed by atoms with Gasteiger partial charge in [-0.2, -0.15) is 0 Å². The number of fused-ring (bicyclic) bond motifs is 1. The Morgan fingerprint density at radius 3 is 2.85 bits per heavy atom. The molecule has 108 valence electrons. The van der Waals surface area contributed by atoms with Crippen LogP contribution in [0.25, 0.3) is 0 Å². The average molecular weight is 276 g/mol. The van der Waals surface area contributed by atoms with Gasteiger partial charge in [-0.3, -0.25) is 0 Å². The molecular weight excluding hydrogens is 256 g/mol. The zero-order chi connectivity index (χ0) is 14.5. The van der Waals surface area contributed by atoms with Crippen LogP contribution in [0, 0.1) is 0 Å². The number of carbonyl (C=O) groups excluding carboxylic acids is 2. The van der Waals surface area contributed by atoms with Crippen molar-refractivity contribution in [3.63, 3.8) is 0 Å². The number of methoxy groups -OCH3 is 1. The fourth-order valence-corrected chi connectivity index (χ4v) is 2.54. The summed E-state index contributed by atoms with van der Waals surface area (Å²) in [7, 11) is 1.30. The van der Waals surface area contributed by atoms with E-state index in [1.165, 1.54) is 18.2 Å². The fraction of sp³-hybridized carbons (Fsp3) is 0.467. The molecule has 0 aromatic heterocycles. The molecule has 1 aliphatic carbocycles. The van der Waals surface area contributed by atoms with Crippen molar-refractivity contribution in [3.8, 4) is 0 Å². The number of amides is 2. The molecule has 0 saturated carbocycles. The van der Waals surface area contributed by atoms with Crippen LogP contribution < -0.4 is 10.6 Å². The topological polar surface area (TPSA) is 67.4 Å². The third-order valence-electron chi connectivity index (χ3n) is 3.58. The summed E-state index contributed by atoms with van der Waals surface area (Å²) < 4.78 is 4.58. The quantitative estimate of drug-likeness (QED) is 0.829. The maximum Gasteiger partial charge on any atom is 0.328 e. The molecule has 2 amide bonds. The number of urea groups is 1. The van der Waals surface area contributed by atoms with Crippen molar-refractivity contribution < 1.29 is 14.3 Å². The van der Waals surface area contributed by atoms with Gasteiger partial charge in [-0.05, 0) is 37.3 Å². The van der Waals surface area contributed by atoms with E-state index in [1.54, 1.807) is 6.92 Å². The summed E-state index contributed by atoms with van der Waals surface area (Å²) in [6.45, 7) is 1.60. The van der Waals surface area contributed by atoms with E-state index in [2.05, 4.69) is 21.4 Å². The van der Waals surface area contributed by atoms with Crippen LogP contribution in [0.5, 0.6) is 0 Å². The SMILES string of the molecule is COC(=O)[C@H](C)NC(=O)N[C@@H]1CCCc2ccccc21. The molecule has 0 bridgehead atoms. The Morgan fingerprint density at radius 1 is 1.35 bits per heavy atom. The number of ether oxygens (including phenoxy) is 1. The Hall–Kier alpha value is -2.04. The lowest BCUT2D eigenvalue weighted by Gasteiger charge is -2.26. The molecule has 1 aromatic rings. The van der Waals surface area contributed by atoms with E-state index in [1.807, 2.05) is 18.2 Å². The number of benzene rings is 1. The smallest absolute Gasteiger partial charge is 0.328 e. The maximum atomic E-state index is 11.9. The third kappa shape index (κ3) is 3.29. The van der Waals surface area contributed by atoms with Crippen LogP contribution in [0.4, 0.5) is 4.79 Å². The highest BCUT2D eigenvalue weighted by atomic mass is 16.5. The molecule has 0 spiro atoms. The van der Waals surface area contributed by atoms with Crippen LogP contribution in [-0.4, -0.2) is 25.2 Å². The van der Waals surface area contributed by atoms with Crippen LogP contribution in [0.3, 0.4) is 0 Å². The van der Waals surface area contributed by atoms with E-state index >= 15 is 0 Å². The molecule has 0 heterocycles. The molecule has 0 fully saturated rings. The Labute approximate surface area is 118 Å². The lowest BCUT2D eigenvalue weighted by Crippen LogP contribution is -2.46. The lowest BCUT2D eigenvalue weighted by atomic mass is 9.88. The van der Waals surface area contributed by atoms with Crippen molar-refractivity contribution >= 4 is 12.0 Å². The van der Waals surface area contributed by atoms with Crippen molar-refractivity contribution in [2.75, 3.05) is 7.11 Å². The Balaban J connectivity index is 1.97. The molecule has 5 heteroatoms. The summed E-state index contributed by atoms with van der Waals surface area (Å²) >= 11 is 0. The second kappa shape index (κ2) is 6.41. The van der Waals surface area contributed by atoms with E-state index in [-0.39, 0.29) is 12.1 Å². The van der Waals surface area contributed by atoms with Crippen molar-refractivity contribution in [3.05, 3.63) is 35.4 Å². The van der Waals surface area contributed by atoms with Crippen LogP contribution in [0.2, 0.25) is 0 Å². The minimum Gasteiger partial charge on any atom is -0.467 e. The zero-order valence-corrected chi connectivity index (χ0v) is 11.8. The normalized spacial score (nSPS) is 18.6. The van der Waals surface area contributed by atoms with Gasteiger partial charge in [0.05, 0.1) is 13.2 Å². The van der Waals surface area contributed by atoms with Crippen molar-refractivity contribution in [1.82, 2.24) is 10.6 Å². The molecule has 1 aromatic carbocycles. The van der Waals surface area contributed by atoms with Crippen LogP contribution in [0.15, 0.2) is 24.3 Å². The highest BCUT2D eigenvalue weighted by molar-refractivity contribution is 5.83. The van der Waals surface area contributed by atoms with E-state index in [4.69, 9.17) is 0 Å². The molecule has 0 aliphatic heterocycles. The first kappa shape index (κ1) is 14.4. The van der Waals surface area contributed by atoms with Crippen molar-refractivity contribution in [2.24, 2.45) is 0 Å². The van der Waals surface area contributed by atoms with E-state index in [9.17, 15) is 9.59 Å². The minimum absolute atomic E-state index is 0.00444. The molecular formula is C15H20N2O3. The molecule has 0 radical (unpaired) electrons. The average Bonchev–Trinajstić information content (AvgIpc) is 2.46. The molecule has 0 saturated heterocycles. The highest BCUT2D eigenvalue weighted by Crippen LogP contribution is 2.29. The number of carbonyl (C=O) groups is 2. The van der Waals surface area contributed by atoms with E-state index < -0.39 is 12.0 Å². The molecule has 1 aliphatic rings. The second-order valence-corrected chi connectivity index (χ2v) is 5.01. The van der Waals surface area contributed by atoms with Crippen molar-refractivity contribution in [2.45, 2.75) is 38.3 Å². The first-order valence-electron chi connectivity index (χ1n) is 6.84. The highest BCUT2D eigenvalue weighted by Gasteiger charge is 2.23. The first-order valence-corrected chi connectivity index (χ1v) is 6.84. The number of hydrogen-bond donors (Lipinski definition) is 2. The van der Waals surface area contributed by atoms with Gasteiger partial charge in [-0.15, -0.1) is 0 Å². The summed E-state index contributed by atoms with van der Waals surface area (Å²) in [6.07, 6.45) is 3.01. The van der Waals surface area contributed by atoms with Crippen molar-refractivity contribution in [1.29, 1.82) is 0 Å². The van der Waals surface area contributed by atoms with Gasteiger partial charge in [-0.25, -0.2) is 9.59 Å². The monoisotopic (exact) mass is 276 g/mol. The Morgan fingerprint density at radius 2 is 2.10 bits per heavy atom. The van der Waals surface area contributed by atoms with Crippen LogP contribution >= 0.6 is 0 Å². The number of hydrogen-bond acceptors (Lipinski definition) is 3. The van der Waals surface area contributed by atoms with Crippen LogP contribution in [0.1, 0.15) is 36.9 Å². The van der Waals surface area contributed by atoms with Gasteiger partial charge in [0.15, 0.2) is 0 Å². The summed E-state index contributed by atoms with van der Waals surface area (Å²) in [6, 6.07) is 7.14. The predicted octanol–water partition coefficient (Wildman–Crippen LogP) is 1.92. The number of nitrogens with one attached hydrogen (secondary N) is 2. The molecule has 5 nitrogen and oxygen atoms in total. The summed E-state index contributed by atoms with van der Waals surface area (Å²) in [5.74, 6) is -0.454. The van der Waals surface area contributed by atoms with E-state index in [0.29, 0.717) is 0 Å². The number of aryl methyl sites for hydroxylation is 1. The van der Waals surface area contributed by atoms with Gasteiger partial charge in [0.1, 0.15) is 6.04 Å². The first-order chi connectivity index (χ1) is 9.61. The number of rotatable bonds is 3. The Bertz CT molecular complexity index is 502. The fourth-order valence-electron chi connectivity index (χ4n) is 2.54. The van der Waals surface area contributed by atoms with Gasteiger partial charge < -0.3 is 15.4 Å². The lowest BCUT2D eigenvalue weighted by molar-refractivity contribution is -0.142.